The fourth-order valence-electron chi connectivity index (χ4n) is 2.51. The number of anilines is 1. The van der Waals surface area contributed by atoms with Crippen LogP contribution in [0, 0.1) is 0 Å². The number of aromatic nitrogens is 2. The Hall–Kier alpha value is -1.63. The molecule has 118 valence electrons. The van der Waals surface area contributed by atoms with Gasteiger partial charge in [-0.15, -0.1) is 5.10 Å². The first-order valence-electron chi connectivity index (χ1n) is 7.48. The number of nitrogens with zero attached hydrogens (tertiary/aromatic N) is 4. The van der Waals surface area contributed by atoms with E-state index in [1.807, 2.05) is 32.7 Å². The second kappa shape index (κ2) is 6.01. The molecule has 7 nitrogen and oxygen atoms in total. The number of amides is 1. The van der Waals surface area contributed by atoms with E-state index in [0.29, 0.717) is 25.0 Å². The maximum Gasteiger partial charge on any atom is 0.319 e. The molecule has 1 unspecified atom stereocenters. The molecule has 0 aliphatic carbocycles. The molecule has 1 aliphatic rings. The summed E-state index contributed by atoms with van der Waals surface area (Å²) in [7, 11) is 1.82. The molecule has 1 aliphatic heterocycles. The molecular weight excluding hydrogens is 270 g/mol. The fourth-order valence-corrected chi connectivity index (χ4v) is 2.51. The van der Waals surface area contributed by atoms with Crippen LogP contribution >= 0.6 is 0 Å². The van der Waals surface area contributed by atoms with Gasteiger partial charge in [0.05, 0.1) is 6.04 Å². The van der Waals surface area contributed by atoms with E-state index in [4.69, 9.17) is 4.42 Å². The van der Waals surface area contributed by atoms with Crippen LogP contribution in [-0.2, 0) is 4.79 Å². The van der Waals surface area contributed by atoms with E-state index in [1.165, 1.54) is 0 Å². The molecule has 21 heavy (non-hydrogen) atoms. The molecule has 1 aromatic heterocycles. The molecule has 7 heteroatoms. The van der Waals surface area contributed by atoms with Gasteiger partial charge < -0.3 is 19.5 Å². The lowest BCUT2D eigenvalue weighted by Gasteiger charge is -2.43. The van der Waals surface area contributed by atoms with Gasteiger partial charge in [0.1, 0.15) is 5.54 Å². The SMILES string of the molecule is CCCNC(C)c1nnc(N2CCN(C)C(=O)C2(C)C)o1. The van der Waals surface area contributed by atoms with E-state index in [2.05, 4.69) is 22.4 Å². The first kappa shape index (κ1) is 15.8. The normalized spacial score (nSPS) is 20.0. The molecule has 1 atom stereocenters. The topological polar surface area (TPSA) is 74.5 Å². The lowest BCUT2D eigenvalue weighted by Crippen LogP contribution is -2.62. The summed E-state index contributed by atoms with van der Waals surface area (Å²) in [6.07, 6.45) is 1.05. The molecule has 2 rings (SSSR count). The molecular formula is C14H25N5O2. The summed E-state index contributed by atoms with van der Waals surface area (Å²) in [5.41, 5.74) is -0.670. The van der Waals surface area contributed by atoms with E-state index in [-0.39, 0.29) is 11.9 Å². The van der Waals surface area contributed by atoms with Gasteiger partial charge in [-0.2, -0.15) is 0 Å². The average Bonchev–Trinajstić information content (AvgIpc) is 2.91. The number of hydrogen-bond donors (Lipinski definition) is 1. The molecule has 2 heterocycles. The van der Waals surface area contributed by atoms with E-state index >= 15 is 0 Å². The van der Waals surface area contributed by atoms with Gasteiger partial charge in [-0.25, -0.2) is 0 Å². The highest BCUT2D eigenvalue weighted by Crippen LogP contribution is 2.28. The molecule has 1 aromatic rings. The highest BCUT2D eigenvalue weighted by atomic mass is 16.4. The summed E-state index contributed by atoms with van der Waals surface area (Å²) >= 11 is 0. The maximum atomic E-state index is 12.3. The summed E-state index contributed by atoms with van der Waals surface area (Å²) in [4.78, 5) is 15.9. The first-order valence-corrected chi connectivity index (χ1v) is 7.48. The van der Waals surface area contributed by atoms with E-state index in [0.717, 1.165) is 13.0 Å². The second-order valence-corrected chi connectivity index (χ2v) is 6.04. The Kier molecular flexibility index (Phi) is 4.51. The first-order chi connectivity index (χ1) is 9.87. The van der Waals surface area contributed by atoms with Gasteiger partial charge in [0, 0.05) is 20.1 Å². The zero-order chi connectivity index (χ0) is 15.6. The Morgan fingerprint density at radius 3 is 2.76 bits per heavy atom. The monoisotopic (exact) mass is 295 g/mol. The molecule has 0 saturated carbocycles. The molecule has 1 amide bonds. The van der Waals surface area contributed by atoms with Gasteiger partial charge >= 0.3 is 6.01 Å². The zero-order valence-corrected chi connectivity index (χ0v) is 13.5. The van der Waals surface area contributed by atoms with Gasteiger partial charge in [-0.1, -0.05) is 12.0 Å². The number of carbonyl (C=O) groups excluding carboxylic acids is 1. The number of rotatable bonds is 5. The molecule has 1 N–H and O–H groups in total. The Morgan fingerprint density at radius 2 is 2.10 bits per heavy atom. The van der Waals surface area contributed by atoms with E-state index < -0.39 is 5.54 Å². The Morgan fingerprint density at radius 1 is 1.38 bits per heavy atom. The maximum absolute atomic E-state index is 12.3. The zero-order valence-electron chi connectivity index (χ0n) is 13.5. The number of likely N-dealkylation sites (N-methyl/N-ethyl adjacent to an activating group) is 1. The van der Waals surface area contributed by atoms with Crippen LogP contribution in [0.5, 0.6) is 0 Å². The van der Waals surface area contributed by atoms with Crippen molar-refractivity contribution in [2.24, 2.45) is 0 Å². The minimum atomic E-state index is -0.670. The van der Waals surface area contributed by atoms with Crippen LogP contribution in [0.4, 0.5) is 6.01 Å². The van der Waals surface area contributed by atoms with Crippen LogP contribution < -0.4 is 10.2 Å². The third kappa shape index (κ3) is 3.02. The molecule has 0 radical (unpaired) electrons. The Bertz CT molecular complexity index is 499. The number of nitrogens with one attached hydrogen (secondary N) is 1. The van der Waals surface area contributed by atoms with Gasteiger partial charge in [-0.05, 0) is 33.7 Å². The second-order valence-electron chi connectivity index (χ2n) is 6.04. The van der Waals surface area contributed by atoms with Crippen molar-refractivity contribution in [3.63, 3.8) is 0 Å². The van der Waals surface area contributed by atoms with Gasteiger partial charge in [0.2, 0.25) is 11.8 Å². The third-order valence-electron chi connectivity index (χ3n) is 3.94. The minimum Gasteiger partial charge on any atom is -0.406 e. The number of carbonyl (C=O) groups is 1. The van der Waals surface area contributed by atoms with Crippen molar-refractivity contribution in [2.75, 3.05) is 31.6 Å². The van der Waals surface area contributed by atoms with Crippen molar-refractivity contribution < 1.29 is 9.21 Å². The number of hydrogen-bond acceptors (Lipinski definition) is 6. The third-order valence-corrected chi connectivity index (χ3v) is 3.94. The van der Waals surface area contributed by atoms with Crippen LogP contribution in [0.3, 0.4) is 0 Å². The van der Waals surface area contributed by atoms with Crippen molar-refractivity contribution in [3.05, 3.63) is 5.89 Å². The summed E-state index contributed by atoms with van der Waals surface area (Å²) < 4.78 is 5.77. The average molecular weight is 295 g/mol. The van der Waals surface area contributed by atoms with Gasteiger partial charge in [-0.3, -0.25) is 4.79 Å². The van der Waals surface area contributed by atoms with Crippen LogP contribution in [0.25, 0.3) is 0 Å². The smallest absolute Gasteiger partial charge is 0.319 e. The molecule has 1 saturated heterocycles. The predicted octanol–water partition coefficient (Wildman–Crippen LogP) is 1.19. The highest BCUT2D eigenvalue weighted by Gasteiger charge is 2.43. The van der Waals surface area contributed by atoms with Crippen LogP contribution in [0.1, 0.15) is 46.0 Å². The van der Waals surface area contributed by atoms with Crippen molar-refractivity contribution >= 4 is 11.9 Å². The van der Waals surface area contributed by atoms with Gasteiger partial charge in [0.15, 0.2) is 0 Å². The highest BCUT2D eigenvalue weighted by molar-refractivity contribution is 5.89. The van der Waals surface area contributed by atoms with Gasteiger partial charge in [0.25, 0.3) is 0 Å². The summed E-state index contributed by atoms with van der Waals surface area (Å²) in [5, 5.41) is 11.5. The van der Waals surface area contributed by atoms with Crippen molar-refractivity contribution in [3.8, 4) is 0 Å². The quantitative estimate of drug-likeness (QED) is 0.879. The van der Waals surface area contributed by atoms with E-state index in [9.17, 15) is 4.79 Å². The summed E-state index contributed by atoms with van der Waals surface area (Å²) in [5.74, 6) is 0.617. The fraction of sp³-hybridized carbons (Fsp3) is 0.786. The van der Waals surface area contributed by atoms with Crippen molar-refractivity contribution in [1.82, 2.24) is 20.4 Å². The molecule has 0 spiro atoms. The Labute approximate surface area is 125 Å². The van der Waals surface area contributed by atoms with Crippen LogP contribution in [0.15, 0.2) is 4.42 Å². The summed E-state index contributed by atoms with van der Waals surface area (Å²) in [6.45, 7) is 10.1. The molecule has 1 fully saturated rings. The standard InChI is InChI=1S/C14H25N5O2/c1-6-7-15-10(2)11-16-17-13(21-11)19-9-8-18(5)12(20)14(19,3)4/h10,15H,6-9H2,1-5H3. The lowest BCUT2D eigenvalue weighted by molar-refractivity contribution is -0.136. The van der Waals surface area contributed by atoms with Crippen molar-refractivity contribution in [2.45, 2.75) is 45.7 Å². The van der Waals surface area contributed by atoms with Crippen LogP contribution in [0.2, 0.25) is 0 Å². The van der Waals surface area contributed by atoms with Crippen LogP contribution in [-0.4, -0.2) is 53.2 Å². The van der Waals surface area contributed by atoms with E-state index in [1.54, 1.807) is 4.90 Å². The predicted molar refractivity (Wildman–Crippen MR) is 80.1 cm³/mol. The number of piperazine rings is 1. The Balaban J connectivity index is 2.15. The molecule has 0 aromatic carbocycles. The minimum absolute atomic E-state index is 0.0116. The molecule has 0 bridgehead atoms. The van der Waals surface area contributed by atoms with Crippen molar-refractivity contribution in [1.29, 1.82) is 0 Å². The largest absolute Gasteiger partial charge is 0.406 e. The summed E-state index contributed by atoms with van der Waals surface area (Å²) in [6, 6.07) is 0.430. The lowest BCUT2D eigenvalue weighted by atomic mass is 9.98.